The van der Waals surface area contributed by atoms with E-state index in [-0.39, 0.29) is 0 Å². The number of rotatable bonds is 1. The summed E-state index contributed by atoms with van der Waals surface area (Å²) < 4.78 is 8.37. The van der Waals surface area contributed by atoms with Gasteiger partial charge in [-0.3, -0.25) is 0 Å². The first-order valence-electron chi connectivity index (χ1n) is 7.75. The van der Waals surface area contributed by atoms with Crippen molar-refractivity contribution in [1.29, 1.82) is 0 Å². The van der Waals surface area contributed by atoms with E-state index in [0.29, 0.717) is 0 Å². The van der Waals surface area contributed by atoms with Crippen molar-refractivity contribution >= 4 is 21.7 Å². The van der Waals surface area contributed by atoms with Gasteiger partial charge in [-0.25, -0.2) is 4.58 Å². The van der Waals surface area contributed by atoms with E-state index in [0.717, 1.165) is 22.3 Å². The highest BCUT2D eigenvalue weighted by molar-refractivity contribution is 6.05. The van der Waals surface area contributed by atoms with Crippen LogP contribution in [0.4, 0.5) is 0 Å². The van der Waals surface area contributed by atoms with E-state index < -0.39 is 0 Å². The summed E-state index contributed by atoms with van der Waals surface area (Å²) in [6.07, 6.45) is 0. The Morgan fingerprint density at radius 1 is 0.783 bits per heavy atom. The summed E-state index contributed by atoms with van der Waals surface area (Å²) in [5.74, 6) is 0.886. The maximum Gasteiger partial charge on any atom is 0.214 e. The summed E-state index contributed by atoms with van der Waals surface area (Å²) in [6, 6.07) is 25.0. The molecule has 0 saturated heterocycles. The van der Waals surface area contributed by atoms with Gasteiger partial charge in [-0.15, -0.1) is 0 Å². The van der Waals surface area contributed by atoms with Gasteiger partial charge < -0.3 is 4.42 Å². The van der Waals surface area contributed by atoms with E-state index >= 15 is 0 Å². The summed E-state index contributed by atoms with van der Waals surface area (Å²) in [5, 5.41) is 4.78. The predicted molar refractivity (Wildman–Crippen MR) is 96.3 cm³/mol. The summed E-state index contributed by atoms with van der Waals surface area (Å²) in [5.41, 5.74) is 2.00. The Morgan fingerprint density at radius 3 is 2.30 bits per heavy atom. The summed E-state index contributed by atoms with van der Waals surface area (Å²) in [4.78, 5) is 0. The van der Waals surface area contributed by atoms with E-state index in [2.05, 4.69) is 73.3 Å². The molecule has 4 rings (SSSR count). The molecule has 0 unspecified atom stereocenters. The zero-order valence-electron chi connectivity index (χ0n) is 13.3. The minimum absolute atomic E-state index is 0.886. The van der Waals surface area contributed by atoms with Crippen LogP contribution in [0.2, 0.25) is 0 Å². The highest BCUT2D eigenvalue weighted by Crippen LogP contribution is 2.26. The lowest BCUT2D eigenvalue weighted by atomic mass is 10.0. The Kier molecular flexibility index (Phi) is 3.23. The Labute approximate surface area is 134 Å². The van der Waals surface area contributed by atoms with Gasteiger partial charge in [0.15, 0.2) is 0 Å². The van der Waals surface area contributed by atoms with Crippen molar-refractivity contribution in [2.45, 2.75) is 0 Å². The summed E-state index contributed by atoms with van der Waals surface area (Å²) in [6.45, 7) is 0. The fourth-order valence-corrected chi connectivity index (χ4v) is 3.04. The average Bonchev–Trinajstić information content (AvgIpc) is 2.61. The molecular formula is C21H18NO+. The van der Waals surface area contributed by atoms with Crippen LogP contribution in [0.15, 0.2) is 77.2 Å². The molecule has 0 atom stereocenters. The molecule has 1 aromatic heterocycles. The zero-order chi connectivity index (χ0) is 15.8. The SMILES string of the molecule is C[N+](C)=c1cc(-c2ccccc2)oc2ccc3ccccc3c12. The fourth-order valence-electron chi connectivity index (χ4n) is 3.04. The molecule has 23 heavy (non-hydrogen) atoms. The van der Waals surface area contributed by atoms with Crippen LogP contribution >= 0.6 is 0 Å². The van der Waals surface area contributed by atoms with Crippen LogP contribution in [0.1, 0.15) is 0 Å². The normalized spacial score (nSPS) is 11.0. The van der Waals surface area contributed by atoms with Crippen LogP contribution in [0.3, 0.4) is 0 Å². The molecule has 0 saturated carbocycles. The van der Waals surface area contributed by atoms with Crippen LogP contribution in [0.5, 0.6) is 0 Å². The molecule has 0 N–H and O–H groups in total. The Bertz CT molecular complexity index is 1070. The molecule has 0 spiro atoms. The first kappa shape index (κ1) is 13.8. The topological polar surface area (TPSA) is 16.1 Å². The van der Waals surface area contributed by atoms with E-state index in [1.165, 1.54) is 16.1 Å². The van der Waals surface area contributed by atoms with Crippen LogP contribution in [-0.2, 0) is 0 Å². The number of hydrogen-bond acceptors (Lipinski definition) is 1. The maximum absolute atomic E-state index is 6.22. The number of nitrogens with zero attached hydrogens (tertiary/aromatic N) is 1. The molecule has 0 aliphatic rings. The molecule has 0 fully saturated rings. The molecular weight excluding hydrogens is 282 g/mol. The standard InChI is InChI=1S/C21H18NO/c1-22(2)18-14-20(16-9-4-3-5-10-16)23-19-13-12-15-8-6-7-11-17(15)21(18)19/h3-14H,1-2H3/q+1. The minimum Gasteiger partial charge on any atom is -0.456 e. The molecule has 0 radical (unpaired) electrons. The van der Waals surface area contributed by atoms with Crippen LogP contribution in [0, 0.1) is 0 Å². The minimum atomic E-state index is 0.886. The van der Waals surface area contributed by atoms with E-state index in [4.69, 9.17) is 4.42 Å². The van der Waals surface area contributed by atoms with Gasteiger partial charge in [-0.2, -0.15) is 0 Å². The highest BCUT2D eigenvalue weighted by atomic mass is 16.3. The van der Waals surface area contributed by atoms with Crippen molar-refractivity contribution < 1.29 is 4.42 Å². The predicted octanol–water partition coefficient (Wildman–Crippen LogP) is 4.28. The first-order valence-corrected chi connectivity index (χ1v) is 7.75. The maximum atomic E-state index is 6.22. The third-order valence-corrected chi connectivity index (χ3v) is 4.17. The van der Waals surface area contributed by atoms with Crippen molar-refractivity contribution in [1.82, 2.24) is 4.58 Å². The van der Waals surface area contributed by atoms with Crippen molar-refractivity contribution in [2.24, 2.45) is 0 Å². The smallest absolute Gasteiger partial charge is 0.214 e. The Balaban J connectivity index is 2.18. The number of benzene rings is 3. The first-order chi connectivity index (χ1) is 11.2. The lowest BCUT2D eigenvalue weighted by Gasteiger charge is -2.06. The third kappa shape index (κ3) is 2.33. The van der Waals surface area contributed by atoms with Crippen LogP contribution in [0.25, 0.3) is 33.1 Å². The van der Waals surface area contributed by atoms with Crippen LogP contribution in [-0.4, -0.2) is 14.1 Å². The van der Waals surface area contributed by atoms with E-state index in [1.54, 1.807) is 0 Å². The molecule has 112 valence electrons. The molecule has 0 aliphatic carbocycles. The van der Waals surface area contributed by atoms with Crippen molar-refractivity contribution in [3.63, 3.8) is 0 Å². The monoisotopic (exact) mass is 300 g/mol. The lowest BCUT2D eigenvalue weighted by Crippen LogP contribution is -2.22. The van der Waals surface area contributed by atoms with Gasteiger partial charge >= 0.3 is 0 Å². The van der Waals surface area contributed by atoms with Gasteiger partial charge in [0.05, 0.1) is 11.5 Å². The van der Waals surface area contributed by atoms with Gasteiger partial charge in [0.25, 0.3) is 0 Å². The second-order valence-corrected chi connectivity index (χ2v) is 5.92. The summed E-state index contributed by atoms with van der Waals surface area (Å²) >= 11 is 0. The van der Waals surface area contributed by atoms with E-state index in [1.807, 2.05) is 18.2 Å². The number of hydrogen-bond donors (Lipinski definition) is 0. The van der Waals surface area contributed by atoms with Gasteiger partial charge in [-0.1, -0.05) is 60.7 Å². The Hall–Kier alpha value is -2.87. The van der Waals surface area contributed by atoms with Crippen molar-refractivity contribution in [3.8, 4) is 11.3 Å². The fraction of sp³-hybridized carbons (Fsp3) is 0.0952. The Morgan fingerprint density at radius 2 is 1.52 bits per heavy atom. The largest absolute Gasteiger partial charge is 0.456 e. The zero-order valence-corrected chi connectivity index (χ0v) is 13.3. The van der Waals surface area contributed by atoms with Crippen molar-refractivity contribution in [2.75, 3.05) is 14.1 Å². The molecule has 4 aromatic rings. The van der Waals surface area contributed by atoms with Crippen molar-refractivity contribution in [3.05, 3.63) is 78.2 Å². The lowest BCUT2D eigenvalue weighted by molar-refractivity contribution is 0.616. The molecule has 0 bridgehead atoms. The van der Waals surface area contributed by atoms with Gasteiger partial charge in [0.2, 0.25) is 5.36 Å². The number of fused-ring (bicyclic) bond motifs is 3. The average molecular weight is 300 g/mol. The molecule has 0 aliphatic heterocycles. The second-order valence-electron chi connectivity index (χ2n) is 5.92. The third-order valence-electron chi connectivity index (χ3n) is 4.17. The molecule has 1 heterocycles. The van der Waals surface area contributed by atoms with Gasteiger partial charge in [0.1, 0.15) is 25.4 Å². The summed E-state index contributed by atoms with van der Waals surface area (Å²) in [7, 11) is 4.15. The quantitative estimate of drug-likeness (QED) is 0.378. The molecule has 0 amide bonds. The molecule has 3 aromatic carbocycles. The second kappa shape index (κ2) is 5.40. The van der Waals surface area contributed by atoms with Gasteiger partial charge in [-0.05, 0) is 16.8 Å². The van der Waals surface area contributed by atoms with Crippen LogP contribution < -0.4 is 9.93 Å². The molecule has 2 nitrogen and oxygen atoms in total. The van der Waals surface area contributed by atoms with E-state index in [9.17, 15) is 0 Å². The highest BCUT2D eigenvalue weighted by Gasteiger charge is 2.12. The molecule has 2 heteroatoms. The van der Waals surface area contributed by atoms with Gasteiger partial charge in [0, 0.05) is 5.56 Å².